The third-order valence-corrected chi connectivity index (χ3v) is 3.50. The summed E-state index contributed by atoms with van der Waals surface area (Å²) in [6.07, 6.45) is 2.37. The summed E-state index contributed by atoms with van der Waals surface area (Å²) < 4.78 is 10.5. The quantitative estimate of drug-likeness (QED) is 0.779. The Balaban J connectivity index is 1.96. The number of ether oxygens (including phenoxy) is 2. The van der Waals surface area contributed by atoms with Crippen LogP contribution < -0.4 is 10.1 Å². The predicted molar refractivity (Wildman–Crippen MR) is 77.8 cm³/mol. The van der Waals surface area contributed by atoms with Gasteiger partial charge in [0.15, 0.2) is 6.10 Å². The van der Waals surface area contributed by atoms with Gasteiger partial charge in [0.2, 0.25) is 0 Å². The number of rotatable bonds is 7. The van der Waals surface area contributed by atoms with Crippen molar-refractivity contribution in [3.63, 3.8) is 0 Å². The first kappa shape index (κ1) is 14.9. The van der Waals surface area contributed by atoms with E-state index in [0.29, 0.717) is 19.1 Å². The summed E-state index contributed by atoms with van der Waals surface area (Å²) in [4.78, 5) is 11.4. The van der Waals surface area contributed by atoms with Crippen molar-refractivity contribution in [2.45, 2.75) is 45.3 Å². The zero-order valence-corrected chi connectivity index (χ0v) is 12.2. The van der Waals surface area contributed by atoms with Crippen LogP contribution in [0.5, 0.6) is 5.75 Å². The third kappa shape index (κ3) is 3.73. The van der Waals surface area contributed by atoms with Crippen molar-refractivity contribution in [3.05, 3.63) is 29.8 Å². The highest BCUT2D eigenvalue weighted by atomic mass is 16.6. The van der Waals surface area contributed by atoms with Gasteiger partial charge in [0.25, 0.3) is 0 Å². The molecule has 2 rings (SSSR count). The van der Waals surface area contributed by atoms with Crippen LogP contribution in [-0.2, 0) is 9.53 Å². The summed E-state index contributed by atoms with van der Waals surface area (Å²) in [5, 5.41) is 3.52. The van der Waals surface area contributed by atoms with E-state index in [9.17, 15) is 4.79 Å². The molecule has 0 bridgehead atoms. The van der Waals surface area contributed by atoms with Crippen molar-refractivity contribution in [1.82, 2.24) is 5.32 Å². The van der Waals surface area contributed by atoms with Crippen molar-refractivity contribution in [3.8, 4) is 5.75 Å². The van der Waals surface area contributed by atoms with Crippen LogP contribution >= 0.6 is 0 Å². The summed E-state index contributed by atoms with van der Waals surface area (Å²) in [5.41, 5.74) is 1.25. The van der Waals surface area contributed by atoms with E-state index in [1.807, 2.05) is 12.1 Å². The number of hydrogen-bond acceptors (Lipinski definition) is 4. The van der Waals surface area contributed by atoms with Crippen LogP contribution in [0.3, 0.4) is 0 Å². The molecule has 2 atom stereocenters. The number of carbonyl (C=O) groups is 1. The second-order valence-corrected chi connectivity index (χ2v) is 5.05. The maximum Gasteiger partial charge on any atom is 0.347 e. The normalized spacial score (nSPS) is 19.7. The molecule has 1 N–H and O–H groups in total. The molecule has 1 fully saturated rings. The Kier molecular flexibility index (Phi) is 5.41. The van der Waals surface area contributed by atoms with Crippen LogP contribution in [0.4, 0.5) is 0 Å². The molecule has 0 amide bonds. The Morgan fingerprint density at radius 1 is 1.35 bits per heavy atom. The molecule has 0 saturated carbocycles. The molecular weight excluding hydrogens is 254 g/mol. The second-order valence-electron chi connectivity index (χ2n) is 5.05. The third-order valence-electron chi connectivity index (χ3n) is 3.50. The van der Waals surface area contributed by atoms with E-state index >= 15 is 0 Å². The fourth-order valence-corrected chi connectivity index (χ4v) is 2.34. The number of nitrogens with one attached hydrogen (secondary N) is 1. The smallest absolute Gasteiger partial charge is 0.347 e. The number of esters is 1. The van der Waals surface area contributed by atoms with Crippen LogP contribution in [0.1, 0.15) is 44.7 Å². The summed E-state index contributed by atoms with van der Waals surface area (Å²) in [5.74, 6) is 0.466. The fraction of sp³-hybridized carbons (Fsp3) is 0.562. The SMILES string of the molecule is CCCNC(CC)c1ccc(OC2CCOC2=O)cc1. The molecule has 0 aliphatic carbocycles. The van der Waals surface area contributed by atoms with Gasteiger partial charge in [-0.05, 0) is 37.1 Å². The number of hydrogen-bond donors (Lipinski definition) is 1. The van der Waals surface area contributed by atoms with Crippen LogP contribution in [0.2, 0.25) is 0 Å². The van der Waals surface area contributed by atoms with Gasteiger partial charge in [-0.15, -0.1) is 0 Å². The highest BCUT2D eigenvalue weighted by Gasteiger charge is 2.28. The van der Waals surface area contributed by atoms with Crippen molar-refractivity contribution in [2.75, 3.05) is 13.2 Å². The van der Waals surface area contributed by atoms with Crippen molar-refractivity contribution < 1.29 is 14.3 Å². The first-order chi connectivity index (χ1) is 9.74. The van der Waals surface area contributed by atoms with Gasteiger partial charge < -0.3 is 14.8 Å². The Hall–Kier alpha value is -1.55. The first-order valence-corrected chi connectivity index (χ1v) is 7.41. The Bertz CT molecular complexity index is 430. The largest absolute Gasteiger partial charge is 0.479 e. The summed E-state index contributed by atoms with van der Waals surface area (Å²) in [7, 11) is 0. The zero-order chi connectivity index (χ0) is 14.4. The lowest BCUT2D eigenvalue weighted by Gasteiger charge is -2.18. The highest BCUT2D eigenvalue weighted by molar-refractivity contribution is 5.76. The molecule has 4 heteroatoms. The highest BCUT2D eigenvalue weighted by Crippen LogP contribution is 2.22. The molecule has 4 nitrogen and oxygen atoms in total. The molecule has 110 valence electrons. The molecule has 1 aromatic carbocycles. The van der Waals surface area contributed by atoms with Crippen LogP contribution in [-0.4, -0.2) is 25.2 Å². The maximum atomic E-state index is 11.4. The van der Waals surface area contributed by atoms with Gasteiger partial charge in [-0.3, -0.25) is 0 Å². The molecule has 1 heterocycles. The van der Waals surface area contributed by atoms with Gasteiger partial charge in [0.05, 0.1) is 6.61 Å². The predicted octanol–water partition coefficient (Wildman–Crippen LogP) is 2.83. The topological polar surface area (TPSA) is 47.6 Å². The molecule has 0 aromatic heterocycles. The molecule has 1 aliphatic heterocycles. The molecule has 2 unspecified atom stereocenters. The van der Waals surface area contributed by atoms with E-state index in [1.54, 1.807) is 0 Å². The maximum absolute atomic E-state index is 11.4. The van der Waals surface area contributed by atoms with Gasteiger partial charge in [-0.2, -0.15) is 0 Å². The lowest BCUT2D eigenvalue weighted by atomic mass is 10.0. The van der Waals surface area contributed by atoms with Crippen molar-refractivity contribution >= 4 is 5.97 Å². The van der Waals surface area contributed by atoms with Gasteiger partial charge in [0.1, 0.15) is 5.75 Å². The van der Waals surface area contributed by atoms with Gasteiger partial charge in [-0.25, -0.2) is 4.79 Å². The van der Waals surface area contributed by atoms with Crippen LogP contribution in [0.15, 0.2) is 24.3 Å². The Morgan fingerprint density at radius 2 is 2.10 bits per heavy atom. The van der Waals surface area contributed by atoms with E-state index in [1.165, 1.54) is 5.56 Å². The van der Waals surface area contributed by atoms with Gasteiger partial charge in [-0.1, -0.05) is 26.0 Å². The second kappa shape index (κ2) is 7.29. The standard InChI is InChI=1S/C16H23NO3/c1-3-10-17-14(4-2)12-5-7-13(8-6-12)20-15-9-11-19-16(15)18/h5-8,14-15,17H,3-4,9-11H2,1-2H3. The van der Waals surface area contributed by atoms with Gasteiger partial charge in [0, 0.05) is 12.5 Å². The van der Waals surface area contributed by atoms with E-state index in [-0.39, 0.29) is 5.97 Å². The molecule has 20 heavy (non-hydrogen) atoms. The van der Waals surface area contributed by atoms with Crippen LogP contribution in [0.25, 0.3) is 0 Å². The fourth-order valence-electron chi connectivity index (χ4n) is 2.34. The minimum Gasteiger partial charge on any atom is -0.479 e. The number of cyclic esters (lactones) is 1. The van der Waals surface area contributed by atoms with E-state index in [0.717, 1.165) is 25.1 Å². The number of benzene rings is 1. The minimum atomic E-state index is -0.443. The van der Waals surface area contributed by atoms with Crippen molar-refractivity contribution in [2.24, 2.45) is 0 Å². The minimum absolute atomic E-state index is 0.259. The molecule has 1 saturated heterocycles. The molecule has 0 radical (unpaired) electrons. The van der Waals surface area contributed by atoms with Crippen molar-refractivity contribution in [1.29, 1.82) is 0 Å². The monoisotopic (exact) mass is 277 g/mol. The molecule has 0 spiro atoms. The first-order valence-electron chi connectivity index (χ1n) is 7.41. The van der Waals surface area contributed by atoms with E-state index in [4.69, 9.17) is 9.47 Å². The average molecular weight is 277 g/mol. The lowest BCUT2D eigenvalue weighted by molar-refractivity contribution is -0.143. The van der Waals surface area contributed by atoms with Crippen LogP contribution in [0, 0.1) is 0 Å². The molecular formula is C16H23NO3. The Labute approximate surface area is 120 Å². The summed E-state index contributed by atoms with van der Waals surface area (Å²) in [6.45, 7) is 5.81. The number of carbonyl (C=O) groups excluding carboxylic acids is 1. The summed E-state index contributed by atoms with van der Waals surface area (Å²) >= 11 is 0. The molecule has 1 aliphatic rings. The lowest BCUT2D eigenvalue weighted by Crippen LogP contribution is -2.22. The zero-order valence-electron chi connectivity index (χ0n) is 12.2. The molecule has 1 aromatic rings. The Morgan fingerprint density at radius 3 is 2.65 bits per heavy atom. The van der Waals surface area contributed by atoms with E-state index < -0.39 is 6.10 Å². The average Bonchev–Trinajstić information content (AvgIpc) is 2.87. The van der Waals surface area contributed by atoms with E-state index in [2.05, 4.69) is 31.3 Å². The van der Waals surface area contributed by atoms with Gasteiger partial charge >= 0.3 is 5.97 Å². The summed E-state index contributed by atoms with van der Waals surface area (Å²) in [6, 6.07) is 8.35.